The lowest BCUT2D eigenvalue weighted by molar-refractivity contribution is 0.0376. The molecule has 1 aromatic carbocycles. The van der Waals surface area contributed by atoms with Crippen molar-refractivity contribution in [2.45, 2.75) is 25.3 Å². The number of carbonyl (C=O) groups is 1. The Hall–Kier alpha value is -0.550. The van der Waals surface area contributed by atoms with Gasteiger partial charge < -0.3 is 9.84 Å². The standard InChI is InChI=1S/C11H12Br2O3/c1-6(2)16-11(15)8-3-7(14)4-10(13)9(8)5-12/h3-4,6,14H,5H2,1-2H3. The van der Waals surface area contributed by atoms with Gasteiger partial charge in [0.2, 0.25) is 0 Å². The second kappa shape index (κ2) is 5.68. The van der Waals surface area contributed by atoms with Crippen LogP contribution < -0.4 is 0 Å². The van der Waals surface area contributed by atoms with E-state index in [1.165, 1.54) is 6.07 Å². The van der Waals surface area contributed by atoms with Crippen molar-refractivity contribution in [1.29, 1.82) is 0 Å². The van der Waals surface area contributed by atoms with Gasteiger partial charge in [-0.05, 0) is 31.5 Å². The van der Waals surface area contributed by atoms with Crippen LogP contribution in [0.5, 0.6) is 5.75 Å². The molecule has 0 radical (unpaired) electrons. The first-order chi connectivity index (χ1) is 7.45. The summed E-state index contributed by atoms with van der Waals surface area (Å²) in [5, 5.41) is 9.95. The predicted octanol–water partition coefficient (Wildman–Crippen LogP) is 3.61. The number of phenols is 1. The number of phenolic OH excluding ortho intramolecular Hbond substituents is 1. The average Bonchev–Trinajstić information content (AvgIpc) is 2.15. The fourth-order valence-electron chi connectivity index (χ4n) is 1.22. The van der Waals surface area contributed by atoms with Crippen molar-refractivity contribution in [2.75, 3.05) is 0 Å². The second-order valence-electron chi connectivity index (χ2n) is 3.54. The average molecular weight is 352 g/mol. The van der Waals surface area contributed by atoms with Crippen LogP contribution in [-0.2, 0) is 10.1 Å². The molecule has 0 aliphatic heterocycles. The third kappa shape index (κ3) is 3.22. The zero-order valence-corrected chi connectivity index (χ0v) is 12.1. The molecule has 0 saturated heterocycles. The van der Waals surface area contributed by atoms with Gasteiger partial charge in [0.25, 0.3) is 0 Å². The van der Waals surface area contributed by atoms with Crippen molar-refractivity contribution >= 4 is 37.8 Å². The van der Waals surface area contributed by atoms with Gasteiger partial charge in [0, 0.05) is 9.80 Å². The molecule has 88 valence electrons. The maximum atomic E-state index is 11.8. The molecular weight excluding hydrogens is 340 g/mol. The van der Waals surface area contributed by atoms with Crippen molar-refractivity contribution in [1.82, 2.24) is 0 Å². The lowest BCUT2D eigenvalue weighted by atomic mass is 10.1. The number of carbonyl (C=O) groups excluding carboxylic acids is 1. The van der Waals surface area contributed by atoms with E-state index in [0.717, 1.165) is 5.56 Å². The van der Waals surface area contributed by atoms with E-state index in [1.54, 1.807) is 19.9 Å². The monoisotopic (exact) mass is 350 g/mol. The fraction of sp³-hybridized carbons (Fsp3) is 0.364. The van der Waals surface area contributed by atoms with Crippen LogP contribution in [-0.4, -0.2) is 17.2 Å². The summed E-state index contributed by atoms with van der Waals surface area (Å²) >= 11 is 6.59. The highest BCUT2D eigenvalue weighted by Crippen LogP contribution is 2.29. The topological polar surface area (TPSA) is 46.5 Å². The molecule has 0 aromatic heterocycles. The van der Waals surface area contributed by atoms with Crippen LogP contribution in [0.3, 0.4) is 0 Å². The Bertz CT molecular complexity index is 402. The molecule has 0 heterocycles. The molecule has 0 saturated carbocycles. The number of esters is 1. The lowest BCUT2D eigenvalue weighted by Gasteiger charge is -2.12. The summed E-state index contributed by atoms with van der Waals surface area (Å²) in [5.74, 6) is -0.395. The molecule has 0 atom stereocenters. The van der Waals surface area contributed by atoms with Crippen molar-refractivity contribution in [3.63, 3.8) is 0 Å². The molecule has 0 amide bonds. The SMILES string of the molecule is CC(C)OC(=O)c1cc(O)cc(Br)c1CBr. The van der Waals surface area contributed by atoms with E-state index in [9.17, 15) is 9.90 Å². The molecule has 0 spiro atoms. The minimum absolute atomic E-state index is 0.0345. The molecule has 1 aromatic rings. The van der Waals surface area contributed by atoms with Crippen LogP contribution in [0.2, 0.25) is 0 Å². The van der Waals surface area contributed by atoms with E-state index in [2.05, 4.69) is 31.9 Å². The van der Waals surface area contributed by atoms with Gasteiger partial charge in [0.1, 0.15) is 5.75 Å². The molecular formula is C11H12Br2O3. The molecule has 16 heavy (non-hydrogen) atoms. The molecule has 3 nitrogen and oxygen atoms in total. The largest absolute Gasteiger partial charge is 0.508 e. The molecule has 1 N–H and O–H groups in total. The third-order valence-electron chi connectivity index (χ3n) is 1.88. The highest BCUT2D eigenvalue weighted by molar-refractivity contribution is 9.10. The summed E-state index contributed by atoms with van der Waals surface area (Å²) in [6.07, 6.45) is -0.184. The number of hydrogen-bond acceptors (Lipinski definition) is 3. The zero-order chi connectivity index (χ0) is 12.3. The van der Waals surface area contributed by atoms with E-state index in [0.29, 0.717) is 15.4 Å². The maximum absolute atomic E-state index is 11.8. The number of aromatic hydroxyl groups is 1. The van der Waals surface area contributed by atoms with E-state index in [1.807, 2.05) is 0 Å². The summed E-state index contributed by atoms with van der Waals surface area (Å²) in [5.41, 5.74) is 1.14. The molecule has 1 rings (SSSR count). The van der Waals surface area contributed by atoms with E-state index >= 15 is 0 Å². The first-order valence-corrected chi connectivity index (χ1v) is 6.65. The Morgan fingerprint density at radius 1 is 1.50 bits per heavy atom. The number of halogens is 2. The smallest absolute Gasteiger partial charge is 0.338 e. The van der Waals surface area contributed by atoms with Crippen molar-refractivity contribution in [2.24, 2.45) is 0 Å². The highest BCUT2D eigenvalue weighted by atomic mass is 79.9. The van der Waals surface area contributed by atoms with Crippen LogP contribution in [0, 0.1) is 0 Å². The van der Waals surface area contributed by atoms with E-state index in [4.69, 9.17) is 4.74 Å². The first kappa shape index (κ1) is 13.5. The summed E-state index contributed by atoms with van der Waals surface area (Å²) in [7, 11) is 0. The Balaban J connectivity index is 3.15. The summed E-state index contributed by atoms with van der Waals surface area (Å²) < 4.78 is 5.78. The third-order valence-corrected chi connectivity index (χ3v) is 3.14. The molecule has 0 aliphatic carbocycles. The van der Waals surface area contributed by atoms with Crippen LogP contribution >= 0.6 is 31.9 Å². The van der Waals surface area contributed by atoms with Crippen LogP contribution in [0.15, 0.2) is 16.6 Å². The maximum Gasteiger partial charge on any atom is 0.338 e. The number of benzene rings is 1. The second-order valence-corrected chi connectivity index (χ2v) is 4.96. The van der Waals surface area contributed by atoms with Gasteiger partial charge in [0.05, 0.1) is 11.7 Å². The molecule has 0 unspecified atom stereocenters. The number of rotatable bonds is 3. The Morgan fingerprint density at radius 3 is 2.62 bits per heavy atom. The van der Waals surface area contributed by atoms with Gasteiger partial charge in [-0.1, -0.05) is 31.9 Å². The summed E-state index contributed by atoms with van der Waals surface area (Å²) in [6.45, 7) is 3.56. The molecule has 0 aliphatic rings. The predicted molar refractivity (Wildman–Crippen MR) is 69.0 cm³/mol. The van der Waals surface area contributed by atoms with Crippen LogP contribution in [0.4, 0.5) is 0 Å². The Morgan fingerprint density at radius 2 is 2.12 bits per heavy atom. The van der Waals surface area contributed by atoms with Crippen molar-refractivity contribution in [3.05, 3.63) is 27.7 Å². The van der Waals surface area contributed by atoms with E-state index in [-0.39, 0.29) is 11.9 Å². The Labute approximate surface area is 111 Å². The van der Waals surface area contributed by atoms with E-state index < -0.39 is 5.97 Å². The molecule has 0 fully saturated rings. The molecule has 0 bridgehead atoms. The van der Waals surface area contributed by atoms with Crippen LogP contribution in [0.25, 0.3) is 0 Å². The highest BCUT2D eigenvalue weighted by Gasteiger charge is 2.17. The normalized spacial score (nSPS) is 10.6. The number of alkyl halides is 1. The number of ether oxygens (including phenoxy) is 1. The van der Waals surface area contributed by atoms with Gasteiger partial charge in [-0.25, -0.2) is 4.79 Å². The van der Waals surface area contributed by atoms with Gasteiger partial charge in [0.15, 0.2) is 0 Å². The van der Waals surface area contributed by atoms with Gasteiger partial charge in [-0.15, -0.1) is 0 Å². The molecule has 5 heteroatoms. The fourth-order valence-corrected chi connectivity index (χ4v) is 2.79. The Kier molecular flexibility index (Phi) is 4.80. The summed E-state index contributed by atoms with van der Waals surface area (Å²) in [4.78, 5) is 11.8. The van der Waals surface area contributed by atoms with Gasteiger partial charge in [-0.2, -0.15) is 0 Å². The van der Waals surface area contributed by atoms with Crippen molar-refractivity contribution in [3.8, 4) is 5.75 Å². The zero-order valence-electron chi connectivity index (χ0n) is 8.96. The quantitative estimate of drug-likeness (QED) is 0.668. The minimum atomic E-state index is -0.430. The van der Waals surface area contributed by atoms with Crippen LogP contribution in [0.1, 0.15) is 29.8 Å². The van der Waals surface area contributed by atoms with Gasteiger partial charge in [-0.3, -0.25) is 0 Å². The van der Waals surface area contributed by atoms with Crippen molar-refractivity contribution < 1.29 is 14.6 Å². The minimum Gasteiger partial charge on any atom is -0.508 e. The summed E-state index contributed by atoms with van der Waals surface area (Å²) in [6, 6.07) is 2.95. The van der Waals surface area contributed by atoms with Gasteiger partial charge >= 0.3 is 5.97 Å². The first-order valence-electron chi connectivity index (χ1n) is 4.74. The lowest BCUT2D eigenvalue weighted by Crippen LogP contribution is -2.13. The number of hydrogen-bond donors (Lipinski definition) is 1.